The van der Waals surface area contributed by atoms with Crippen LogP contribution in [0.3, 0.4) is 0 Å². The van der Waals surface area contributed by atoms with Crippen LogP contribution < -0.4 is 5.73 Å². The van der Waals surface area contributed by atoms with Crippen molar-refractivity contribution in [3.05, 3.63) is 35.1 Å². The Labute approximate surface area is 108 Å². The molecule has 1 unspecified atom stereocenters. The third-order valence-electron chi connectivity index (χ3n) is 3.14. The highest BCUT2D eigenvalue weighted by Crippen LogP contribution is 2.16. The van der Waals surface area contributed by atoms with Gasteiger partial charge in [-0.25, -0.2) is 4.39 Å². The Morgan fingerprint density at radius 1 is 1.47 bits per heavy atom. The second-order valence-electron chi connectivity index (χ2n) is 4.73. The first-order valence-corrected chi connectivity index (χ1v) is 5.88. The van der Waals surface area contributed by atoms with Gasteiger partial charge in [-0.15, -0.1) is 12.4 Å². The molecule has 0 aliphatic carbocycles. The third-order valence-corrected chi connectivity index (χ3v) is 3.14. The molecule has 1 aliphatic heterocycles. The van der Waals surface area contributed by atoms with Crippen LogP contribution in [-0.4, -0.2) is 24.0 Å². The molecule has 1 aromatic rings. The largest absolute Gasteiger partial charge is 0.327 e. The van der Waals surface area contributed by atoms with E-state index < -0.39 is 0 Å². The predicted molar refractivity (Wildman–Crippen MR) is 70.9 cm³/mol. The molecule has 0 amide bonds. The normalized spacial score (nSPS) is 21.0. The van der Waals surface area contributed by atoms with Crippen molar-refractivity contribution in [2.45, 2.75) is 32.4 Å². The zero-order chi connectivity index (χ0) is 11.5. The van der Waals surface area contributed by atoms with Crippen LogP contribution in [0, 0.1) is 12.7 Å². The van der Waals surface area contributed by atoms with Crippen LogP contribution in [0.2, 0.25) is 0 Å². The molecule has 0 saturated carbocycles. The van der Waals surface area contributed by atoms with E-state index in [1.165, 1.54) is 0 Å². The molecule has 1 atom stereocenters. The summed E-state index contributed by atoms with van der Waals surface area (Å²) in [7, 11) is 0. The van der Waals surface area contributed by atoms with Crippen molar-refractivity contribution in [3.8, 4) is 0 Å². The molecular formula is C13H20ClFN2. The highest BCUT2D eigenvalue weighted by Gasteiger charge is 2.17. The van der Waals surface area contributed by atoms with Gasteiger partial charge < -0.3 is 5.73 Å². The van der Waals surface area contributed by atoms with Crippen LogP contribution in [0.5, 0.6) is 0 Å². The number of piperidine rings is 1. The van der Waals surface area contributed by atoms with Gasteiger partial charge in [-0.1, -0.05) is 17.7 Å². The first-order chi connectivity index (χ1) is 7.65. The molecule has 96 valence electrons. The number of aryl methyl sites for hydroxylation is 1. The topological polar surface area (TPSA) is 29.3 Å². The van der Waals surface area contributed by atoms with Crippen molar-refractivity contribution in [2.75, 3.05) is 13.1 Å². The van der Waals surface area contributed by atoms with E-state index in [4.69, 9.17) is 5.73 Å². The van der Waals surface area contributed by atoms with Gasteiger partial charge in [0.15, 0.2) is 0 Å². The van der Waals surface area contributed by atoms with Crippen LogP contribution in [-0.2, 0) is 6.54 Å². The zero-order valence-corrected chi connectivity index (χ0v) is 11.0. The Bertz CT molecular complexity index is 370. The van der Waals surface area contributed by atoms with Crippen LogP contribution in [0.4, 0.5) is 4.39 Å². The number of nitrogens with zero attached hydrogens (tertiary/aromatic N) is 1. The molecule has 0 aromatic heterocycles. The highest BCUT2D eigenvalue weighted by molar-refractivity contribution is 5.85. The minimum atomic E-state index is -0.107. The standard InChI is InChI=1S/C13H19FN2.ClH/c1-10-4-5-13(14)11(7-10)8-16-6-2-3-12(15)9-16;/h4-5,7,12H,2-3,6,8-9,15H2,1H3;1H. The van der Waals surface area contributed by atoms with Gasteiger partial charge in [-0.2, -0.15) is 0 Å². The van der Waals surface area contributed by atoms with Crippen molar-refractivity contribution in [2.24, 2.45) is 5.73 Å². The molecule has 1 aliphatic rings. The summed E-state index contributed by atoms with van der Waals surface area (Å²) in [6.45, 7) is 4.58. The molecule has 1 saturated heterocycles. The zero-order valence-electron chi connectivity index (χ0n) is 10.2. The predicted octanol–water partition coefficient (Wildman–Crippen LogP) is 2.48. The van der Waals surface area contributed by atoms with E-state index in [0.717, 1.165) is 37.1 Å². The van der Waals surface area contributed by atoms with Gasteiger partial charge in [0.25, 0.3) is 0 Å². The number of hydrogen-bond acceptors (Lipinski definition) is 2. The van der Waals surface area contributed by atoms with Crippen LogP contribution in [0.15, 0.2) is 18.2 Å². The van der Waals surface area contributed by atoms with E-state index in [1.54, 1.807) is 12.1 Å². The van der Waals surface area contributed by atoms with E-state index >= 15 is 0 Å². The molecule has 0 bridgehead atoms. The van der Waals surface area contributed by atoms with E-state index in [9.17, 15) is 4.39 Å². The first kappa shape index (κ1) is 14.4. The molecule has 2 nitrogen and oxygen atoms in total. The van der Waals surface area contributed by atoms with Crippen LogP contribution in [0.1, 0.15) is 24.0 Å². The fourth-order valence-corrected chi connectivity index (χ4v) is 2.30. The van der Waals surface area contributed by atoms with Gasteiger partial charge in [0.1, 0.15) is 5.82 Å². The van der Waals surface area contributed by atoms with Gasteiger partial charge in [-0.05, 0) is 32.4 Å². The maximum atomic E-state index is 13.6. The second-order valence-corrected chi connectivity index (χ2v) is 4.73. The first-order valence-electron chi connectivity index (χ1n) is 5.88. The van der Waals surface area contributed by atoms with Crippen molar-refractivity contribution in [1.82, 2.24) is 4.90 Å². The summed E-state index contributed by atoms with van der Waals surface area (Å²) in [4.78, 5) is 2.24. The van der Waals surface area contributed by atoms with Crippen molar-refractivity contribution in [3.63, 3.8) is 0 Å². The minimum absolute atomic E-state index is 0. The number of nitrogens with two attached hydrogens (primary N) is 1. The lowest BCUT2D eigenvalue weighted by Crippen LogP contribution is -2.42. The smallest absolute Gasteiger partial charge is 0.127 e. The Kier molecular flexibility index (Phi) is 5.37. The van der Waals surface area contributed by atoms with Gasteiger partial charge in [0.2, 0.25) is 0 Å². The molecule has 0 spiro atoms. The summed E-state index contributed by atoms with van der Waals surface area (Å²) in [6.07, 6.45) is 2.21. The molecular weight excluding hydrogens is 239 g/mol. The fraction of sp³-hybridized carbons (Fsp3) is 0.538. The maximum Gasteiger partial charge on any atom is 0.127 e. The Hall–Kier alpha value is -0.640. The van der Waals surface area contributed by atoms with Gasteiger partial charge in [-0.3, -0.25) is 4.90 Å². The SMILES string of the molecule is Cc1ccc(F)c(CN2CCCC(N)C2)c1.Cl. The van der Waals surface area contributed by atoms with Gasteiger partial charge in [0.05, 0.1) is 0 Å². The number of rotatable bonds is 2. The lowest BCUT2D eigenvalue weighted by molar-refractivity contribution is 0.199. The third kappa shape index (κ3) is 3.95. The summed E-state index contributed by atoms with van der Waals surface area (Å²) in [5.74, 6) is -0.107. The Morgan fingerprint density at radius 2 is 2.24 bits per heavy atom. The lowest BCUT2D eigenvalue weighted by Gasteiger charge is -2.30. The highest BCUT2D eigenvalue weighted by atomic mass is 35.5. The Balaban J connectivity index is 0.00000144. The summed E-state index contributed by atoms with van der Waals surface area (Å²) < 4.78 is 13.6. The summed E-state index contributed by atoms with van der Waals surface area (Å²) in [5, 5.41) is 0. The van der Waals surface area contributed by atoms with E-state index in [0.29, 0.717) is 6.54 Å². The number of likely N-dealkylation sites (tertiary alicyclic amines) is 1. The fourth-order valence-electron chi connectivity index (χ4n) is 2.30. The monoisotopic (exact) mass is 258 g/mol. The minimum Gasteiger partial charge on any atom is -0.327 e. The number of benzene rings is 1. The lowest BCUT2D eigenvalue weighted by atomic mass is 10.0. The van der Waals surface area contributed by atoms with Gasteiger partial charge in [0, 0.05) is 24.7 Å². The molecule has 4 heteroatoms. The second kappa shape index (κ2) is 6.34. The number of hydrogen-bond donors (Lipinski definition) is 1. The average Bonchev–Trinajstić information content (AvgIpc) is 2.24. The van der Waals surface area contributed by atoms with E-state index in [1.807, 2.05) is 13.0 Å². The summed E-state index contributed by atoms with van der Waals surface area (Å²) in [5.41, 5.74) is 7.81. The maximum absolute atomic E-state index is 13.6. The summed E-state index contributed by atoms with van der Waals surface area (Å²) in [6, 6.07) is 5.53. The van der Waals surface area contributed by atoms with Crippen molar-refractivity contribution in [1.29, 1.82) is 0 Å². The number of halogens is 2. The van der Waals surface area contributed by atoms with Crippen molar-refractivity contribution >= 4 is 12.4 Å². The Morgan fingerprint density at radius 3 is 2.94 bits per heavy atom. The van der Waals surface area contributed by atoms with E-state index in [-0.39, 0.29) is 24.3 Å². The van der Waals surface area contributed by atoms with Crippen LogP contribution in [0.25, 0.3) is 0 Å². The van der Waals surface area contributed by atoms with E-state index in [2.05, 4.69) is 4.90 Å². The molecule has 1 heterocycles. The molecule has 1 fully saturated rings. The quantitative estimate of drug-likeness (QED) is 0.883. The summed E-state index contributed by atoms with van der Waals surface area (Å²) >= 11 is 0. The molecule has 17 heavy (non-hydrogen) atoms. The van der Waals surface area contributed by atoms with Gasteiger partial charge >= 0.3 is 0 Å². The van der Waals surface area contributed by atoms with Crippen LogP contribution >= 0.6 is 12.4 Å². The molecule has 2 rings (SSSR count). The molecule has 1 aromatic carbocycles. The average molecular weight is 259 g/mol. The molecule has 2 N–H and O–H groups in total. The van der Waals surface area contributed by atoms with Crippen molar-refractivity contribution < 1.29 is 4.39 Å². The molecule has 0 radical (unpaired) electrons.